The van der Waals surface area contributed by atoms with E-state index in [4.69, 9.17) is 16.0 Å². The van der Waals surface area contributed by atoms with Crippen molar-refractivity contribution in [3.05, 3.63) is 83.4 Å². The van der Waals surface area contributed by atoms with Crippen molar-refractivity contribution in [2.24, 2.45) is 0 Å². The molecule has 0 unspecified atom stereocenters. The van der Waals surface area contributed by atoms with Gasteiger partial charge >= 0.3 is 6.03 Å². The molecule has 3 aromatic rings. The van der Waals surface area contributed by atoms with Crippen molar-refractivity contribution < 1.29 is 23.7 Å². The van der Waals surface area contributed by atoms with Crippen LogP contribution in [-0.2, 0) is 9.59 Å². The minimum Gasteiger partial charge on any atom is -0.457 e. The molecule has 34 heavy (non-hydrogen) atoms. The molecule has 4 rings (SSSR count). The summed E-state index contributed by atoms with van der Waals surface area (Å²) < 4.78 is 6.62. The first-order valence-corrected chi connectivity index (χ1v) is 11.4. The van der Waals surface area contributed by atoms with Crippen molar-refractivity contribution in [3.8, 4) is 11.3 Å². The Morgan fingerprint density at radius 2 is 1.85 bits per heavy atom. The van der Waals surface area contributed by atoms with Crippen molar-refractivity contribution in [1.29, 1.82) is 0 Å². The second-order valence-corrected chi connectivity index (χ2v) is 9.20. The zero-order valence-electron chi connectivity index (χ0n) is 17.1. The molecule has 1 aliphatic heterocycles. The summed E-state index contributed by atoms with van der Waals surface area (Å²) in [7, 11) is 0. The van der Waals surface area contributed by atoms with Crippen LogP contribution in [0.2, 0.25) is 5.02 Å². The van der Waals surface area contributed by atoms with Gasteiger partial charge in [0.15, 0.2) is 0 Å². The molecule has 12 heteroatoms. The molecule has 1 aliphatic rings. The molecule has 2 heterocycles. The van der Waals surface area contributed by atoms with Gasteiger partial charge in [-0.2, -0.15) is 0 Å². The second-order valence-electron chi connectivity index (χ2n) is 7.14. The number of nitro benzene ring substituents is 1. The Hall–Kier alpha value is -3.28. The number of anilines is 1. The SMILES string of the molecule is Cc1cc(N2C(=O)NC(=O)/C(=C\c3ccc(-c4cc(Cl)c(Br)c([N+](=O)[O-])c4)o3)C2=O)ccc1Br. The fraction of sp³-hybridized carbons (Fsp3) is 0.0455. The molecule has 1 N–H and O–H groups in total. The van der Waals surface area contributed by atoms with Crippen LogP contribution in [-0.4, -0.2) is 22.8 Å². The number of halogens is 3. The number of nitrogens with zero attached hydrogens (tertiary/aromatic N) is 2. The van der Waals surface area contributed by atoms with Crippen LogP contribution in [0.4, 0.5) is 16.2 Å². The Kier molecular flexibility index (Phi) is 6.43. The smallest absolute Gasteiger partial charge is 0.335 e. The van der Waals surface area contributed by atoms with E-state index in [1.807, 2.05) is 0 Å². The molecule has 172 valence electrons. The van der Waals surface area contributed by atoms with Crippen LogP contribution < -0.4 is 10.2 Å². The van der Waals surface area contributed by atoms with Gasteiger partial charge in [-0.15, -0.1) is 0 Å². The maximum atomic E-state index is 13.1. The van der Waals surface area contributed by atoms with Gasteiger partial charge in [0, 0.05) is 16.1 Å². The lowest BCUT2D eigenvalue weighted by Crippen LogP contribution is -2.54. The van der Waals surface area contributed by atoms with Crippen molar-refractivity contribution >= 4 is 78.8 Å². The number of nitro groups is 1. The average Bonchev–Trinajstić information content (AvgIpc) is 3.24. The zero-order chi connectivity index (χ0) is 24.7. The van der Waals surface area contributed by atoms with E-state index in [1.54, 1.807) is 25.1 Å². The maximum Gasteiger partial charge on any atom is 0.335 e. The highest BCUT2D eigenvalue weighted by molar-refractivity contribution is 9.11. The van der Waals surface area contributed by atoms with Crippen LogP contribution in [0, 0.1) is 17.0 Å². The Bertz CT molecular complexity index is 1430. The minimum atomic E-state index is -0.875. The van der Waals surface area contributed by atoms with Gasteiger partial charge in [-0.1, -0.05) is 27.5 Å². The second kappa shape index (κ2) is 9.16. The average molecular weight is 610 g/mol. The number of nitrogens with one attached hydrogen (secondary N) is 1. The van der Waals surface area contributed by atoms with Gasteiger partial charge in [0.25, 0.3) is 17.5 Å². The molecule has 0 spiro atoms. The third-order valence-electron chi connectivity index (χ3n) is 4.91. The summed E-state index contributed by atoms with van der Waals surface area (Å²) in [6.45, 7) is 1.80. The third-order valence-corrected chi connectivity index (χ3v) is 7.15. The van der Waals surface area contributed by atoms with Gasteiger partial charge in [0.05, 0.1) is 15.6 Å². The molecule has 1 aromatic heterocycles. The Morgan fingerprint density at radius 1 is 1.12 bits per heavy atom. The van der Waals surface area contributed by atoms with Crippen LogP contribution in [0.1, 0.15) is 11.3 Å². The molecule has 2 aromatic carbocycles. The van der Waals surface area contributed by atoms with Crippen LogP contribution in [0.15, 0.2) is 61.4 Å². The lowest BCUT2D eigenvalue weighted by atomic mass is 10.1. The van der Waals surface area contributed by atoms with Gasteiger partial charge in [-0.25, -0.2) is 9.69 Å². The molecular weight excluding hydrogens is 598 g/mol. The number of benzene rings is 2. The van der Waals surface area contributed by atoms with Crippen LogP contribution in [0.3, 0.4) is 0 Å². The highest BCUT2D eigenvalue weighted by Crippen LogP contribution is 2.37. The fourth-order valence-electron chi connectivity index (χ4n) is 3.24. The number of imide groups is 2. The van der Waals surface area contributed by atoms with Gasteiger partial charge < -0.3 is 4.42 Å². The van der Waals surface area contributed by atoms with Crippen molar-refractivity contribution in [1.82, 2.24) is 5.32 Å². The number of urea groups is 1. The lowest BCUT2D eigenvalue weighted by molar-refractivity contribution is -0.385. The Labute approximate surface area is 213 Å². The summed E-state index contributed by atoms with van der Waals surface area (Å²) in [5.74, 6) is -1.35. The van der Waals surface area contributed by atoms with Gasteiger partial charge in [0.1, 0.15) is 21.6 Å². The summed E-state index contributed by atoms with van der Waals surface area (Å²) in [5.41, 5.74) is 0.837. The normalized spacial score (nSPS) is 15.1. The van der Waals surface area contributed by atoms with E-state index in [1.165, 1.54) is 30.3 Å². The molecular formula is C22H12Br2ClN3O6. The van der Waals surface area contributed by atoms with Crippen molar-refractivity contribution in [2.75, 3.05) is 4.90 Å². The standard InChI is InChI=1S/C22H12Br2ClN3O6/c1-10-6-12(2-4-15(10)23)27-21(30)14(20(29)26-22(27)31)9-13-3-5-18(34-13)11-7-16(25)19(24)17(8-11)28(32)33/h2-9H,1H3,(H,26,29,31)/b14-9+. The van der Waals surface area contributed by atoms with Crippen LogP contribution in [0.5, 0.6) is 0 Å². The third kappa shape index (κ3) is 4.41. The molecule has 0 atom stereocenters. The van der Waals surface area contributed by atoms with E-state index in [2.05, 4.69) is 37.2 Å². The van der Waals surface area contributed by atoms with Crippen LogP contribution >= 0.6 is 43.5 Å². The van der Waals surface area contributed by atoms with Crippen molar-refractivity contribution in [3.63, 3.8) is 0 Å². The first kappa shape index (κ1) is 23.9. The van der Waals surface area contributed by atoms with E-state index in [0.29, 0.717) is 11.3 Å². The van der Waals surface area contributed by atoms with E-state index in [0.717, 1.165) is 14.9 Å². The first-order chi connectivity index (χ1) is 16.1. The summed E-state index contributed by atoms with van der Waals surface area (Å²) in [4.78, 5) is 49.4. The summed E-state index contributed by atoms with van der Waals surface area (Å²) >= 11 is 12.5. The van der Waals surface area contributed by atoms with Crippen molar-refractivity contribution in [2.45, 2.75) is 6.92 Å². The molecule has 0 radical (unpaired) electrons. The van der Waals surface area contributed by atoms with Gasteiger partial charge in [0.2, 0.25) is 0 Å². The number of barbiturate groups is 1. The summed E-state index contributed by atoms with van der Waals surface area (Å²) in [6, 6.07) is 9.76. The number of hydrogen-bond acceptors (Lipinski definition) is 6. The predicted octanol–water partition coefficient (Wildman–Crippen LogP) is 6.01. The van der Waals surface area contributed by atoms with E-state index in [-0.39, 0.29) is 32.3 Å². The summed E-state index contributed by atoms with van der Waals surface area (Å²) in [6.07, 6.45) is 1.20. The highest BCUT2D eigenvalue weighted by Gasteiger charge is 2.37. The van der Waals surface area contributed by atoms with Gasteiger partial charge in [-0.3, -0.25) is 25.0 Å². The minimum absolute atomic E-state index is 0.112. The van der Waals surface area contributed by atoms with Gasteiger partial charge in [-0.05, 0) is 70.9 Å². The Balaban J connectivity index is 1.70. The number of hydrogen-bond donors (Lipinski definition) is 1. The quantitative estimate of drug-likeness (QED) is 0.167. The number of aryl methyl sites for hydroxylation is 1. The number of rotatable bonds is 4. The number of furan rings is 1. The molecule has 1 saturated heterocycles. The summed E-state index contributed by atoms with van der Waals surface area (Å²) in [5, 5.41) is 13.5. The molecule has 0 aliphatic carbocycles. The first-order valence-electron chi connectivity index (χ1n) is 9.48. The molecule has 4 amide bonds. The number of carbonyl (C=O) groups excluding carboxylic acids is 3. The predicted molar refractivity (Wildman–Crippen MR) is 131 cm³/mol. The maximum absolute atomic E-state index is 13.1. The van der Waals surface area contributed by atoms with E-state index >= 15 is 0 Å². The molecule has 0 saturated carbocycles. The monoisotopic (exact) mass is 607 g/mol. The lowest BCUT2D eigenvalue weighted by Gasteiger charge is -2.26. The molecule has 9 nitrogen and oxygen atoms in total. The molecule has 1 fully saturated rings. The Morgan fingerprint density at radius 3 is 2.53 bits per heavy atom. The number of amides is 4. The zero-order valence-corrected chi connectivity index (χ0v) is 21.0. The van der Waals surface area contributed by atoms with E-state index in [9.17, 15) is 24.5 Å². The number of carbonyl (C=O) groups is 3. The largest absolute Gasteiger partial charge is 0.457 e. The van der Waals surface area contributed by atoms with Crippen LogP contribution in [0.25, 0.3) is 17.4 Å². The molecule has 0 bridgehead atoms. The fourth-order valence-corrected chi connectivity index (χ4v) is 4.07. The topological polar surface area (TPSA) is 123 Å². The van der Waals surface area contributed by atoms with E-state index < -0.39 is 22.8 Å². The highest BCUT2D eigenvalue weighted by atomic mass is 79.9.